The van der Waals surface area contributed by atoms with Gasteiger partial charge in [0.05, 0.1) is 4.92 Å². The molecule has 7 heteroatoms. The Morgan fingerprint density at radius 3 is 2.65 bits per heavy atom. The Hall–Kier alpha value is -2.02. The number of hydrogen-bond donors (Lipinski definition) is 0. The number of para-hydroxylation sites is 1. The Morgan fingerprint density at radius 1 is 1.25 bits per heavy atom. The molecule has 4 nitrogen and oxygen atoms in total. The van der Waals surface area contributed by atoms with Gasteiger partial charge in [0.15, 0.2) is 11.6 Å². The van der Waals surface area contributed by atoms with Gasteiger partial charge in [0.2, 0.25) is 5.75 Å². The van der Waals surface area contributed by atoms with E-state index in [0.29, 0.717) is 10.9 Å². The van der Waals surface area contributed by atoms with E-state index < -0.39 is 22.2 Å². The van der Waals surface area contributed by atoms with Crippen LogP contribution in [0.5, 0.6) is 11.5 Å². The van der Waals surface area contributed by atoms with Gasteiger partial charge >= 0.3 is 5.69 Å². The van der Waals surface area contributed by atoms with Crippen molar-refractivity contribution < 1.29 is 18.4 Å². The maximum Gasteiger partial charge on any atom is 0.311 e. The topological polar surface area (TPSA) is 52.4 Å². The maximum atomic E-state index is 13.7. The lowest BCUT2D eigenvalue weighted by atomic mass is 10.2. The highest BCUT2D eigenvalue weighted by atomic mass is 79.9. The smallest absolute Gasteiger partial charge is 0.311 e. The first-order valence-electron chi connectivity index (χ1n) is 5.48. The van der Waals surface area contributed by atoms with Crippen LogP contribution in [0.15, 0.2) is 36.4 Å². The van der Waals surface area contributed by atoms with Crippen molar-refractivity contribution in [1.82, 2.24) is 0 Å². The molecule has 0 spiro atoms. The third kappa shape index (κ3) is 2.93. The first-order chi connectivity index (χ1) is 9.52. The van der Waals surface area contributed by atoms with Crippen LogP contribution in [0.1, 0.15) is 5.56 Å². The van der Waals surface area contributed by atoms with Crippen molar-refractivity contribution in [3.8, 4) is 11.5 Å². The molecule has 0 N–H and O–H groups in total. The number of halogens is 3. The van der Waals surface area contributed by atoms with E-state index in [0.717, 1.165) is 24.3 Å². The Morgan fingerprint density at radius 2 is 2.00 bits per heavy atom. The van der Waals surface area contributed by atoms with E-state index in [4.69, 9.17) is 4.74 Å². The van der Waals surface area contributed by atoms with E-state index in [1.54, 1.807) is 6.07 Å². The summed E-state index contributed by atoms with van der Waals surface area (Å²) < 4.78 is 32.2. The van der Waals surface area contributed by atoms with Gasteiger partial charge in [0, 0.05) is 23.0 Å². The average Bonchev–Trinajstić information content (AvgIpc) is 2.40. The van der Waals surface area contributed by atoms with Crippen LogP contribution in [0, 0.1) is 21.7 Å². The van der Waals surface area contributed by atoms with Crippen LogP contribution in [-0.2, 0) is 5.33 Å². The lowest BCUT2D eigenvalue weighted by Crippen LogP contribution is -1.98. The molecule has 0 fully saturated rings. The second-order valence-corrected chi connectivity index (χ2v) is 4.39. The van der Waals surface area contributed by atoms with Crippen molar-refractivity contribution in [3.63, 3.8) is 0 Å². The summed E-state index contributed by atoms with van der Waals surface area (Å²) in [6.45, 7) is 0. The highest BCUT2D eigenvalue weighted by Gasteiger charge is 2.19. The monoisotopic (exact) mass is 343 g/mol. The molecule has 0 saturated heterocycles. The van der Waals surface area contributed by atoms with Gasteiger partial charge in [-0.15, -0.1) is 0 Å². The van der Waals surface area contributed by atoms with Crippen LogP contribution < -0.4 is 4.74 Å². The van der Waals surface area contributed by atoms with Gasteiger partial charge in [-0.05, 0) is 12.1 Å². The summed E-state index contributed by atoms with van der Waals surface area (Å²) >= 11 is 3.16. The van der Waals surface area contributed by atoms with Crippen molar-refractivity contribution >= 4 is 21.6 Å². The number of nitro benzene ring substituents is 1. The summed E-state index contributed by atoms with van der Waals surface area (Å²) in [6.07, 6.45) is 0. The number of ether oxygens (including phenoxy) is 1. The summed E-state index contributed by atoms with van der Waals surface area (Å²) in [5.74, 6) is -1.90. The molecule has 104 valence electrons. The normalized spacial score (nSPS) is 10.3. The van der Waals surface area contributed by atoms with E-state index in [1.807, 2.05) is 0 Å². The zero-order valence-corrected chi connectivity index (χ0v) is 11.6. The number of hydrogen-bond acceptors (Lipinski definition) is 3. The summed E-state index contributed by atoms with van der Waals surface area (Å²) in [4.78, 5) is 10.1. The standard InChI is InChI=1S/C13H8BrF2NO3/c14-7-8-2-1-3-10(16)13(8)20-12-6-9(15)4-5-11(12)17(18)19/h1-6H,7H2. The molecule has 2 rings (SSSR count). The molecule has 0 saturated carbocycles. The fourth-order valence-corrected chi connectivity index (χ4v) is 2.05. The largest absolute Gasteiger partial charge is 0.447 e. The highest BCUT2D eigenvalue weighted by molar-refractivity contribution is 9.08. The van der Waals surface area contributed by atoms with Gasteiger partial charge in [0.25, 0.3) is 0 Å². The number of alkyl halides is 1. The Kier molecular flexibility index (Phi) is 4.29. The van der Waals surface area contributed by atoms with E-state index in [9.17, 15) is 18.9 Å². The third-order valence-corrected chi connectivity index (χ3v) is 3.13. The minimum atomic E-state index is -0.719. The quantitative estimate of drug-likeness (QED) is 0.464. The molecule has 0 bridgehead atoms. The van der Waals surface area contributed by atoms with Gasteiger partial charge < -0.3 is 4.74 Å². The number of nitro groups is 1. The van der Waals surface area contributed by atoms with Gasteiger partial charge in [-0.25, -0.2) is 8.78 Å². The van der Waals surface area contributed by atoms with Gasteiger partial charge in [-0.1, -0.05) is 28.1 Å². The van der Waals surface area contributed by atoms with Gasteiger partial charge in [-0.3, -0.25) is 10.1 Å². The van der Waals surface area contributed by atoms with Gasteiger partial charge in [-0.2, -0.15) is 0 Å². The van der Waals surface area contributed by atoms with Crippen molar-refractivity contribution in [3.05, 3.63) is 63.7 Å². The summed E-state index contributed by atoms with van der Waals surface area (Å²) in [6, 6.07) is 7.00. The summed E-state index contributed by atoms with van der Waals surface area (Å²) in [5.41, 5.74) is 0.0266. The minimum absolute atomic E-state index is 0.168. The molecule has 0 aromatic heterocycles. The predicted octanol–water partition coefficient (Wildman–Crippen LogP) is 4.56. The Labute approximate surface area is 121 Å². The van der Waals surface area contributed by atoms with Crippen molar-refractivity contribution in [2.45, 2.75) is 5.33 Å². The second-order valence-electron chi connectivity index (χ2n) is 3.83. The maximum absolute atomic E-state index is 13.7. The van der Waals surface area contributed by atoms with E-state index in [1.165, 1.54) is 6.07 Å². The lowest BCUT2D eigenvalue weighted by Gasteiger charge is -2.10. The molecule has 20 heavy (non-hydrogen) atoms. The summed E-state index contributed by atoms with van der Waals surface area (Å²) in [7, 11) is 0. The fourth-order valence-electron chi connectivity index (χ4n) is 1.60. The zero-order chi connectivity index (χ0) is 14.7. The first-order valence-corrected chi connectivity index (χ1v) is 6.60. The van der Waals surface area contributed by atoms with Crippen molar-refractivity contribution in [2.75, 3.05) is 0 Å². The zero-order valence-electron chi connectivity index (χ0n) is 9.98. The third-order valence-electron chi connectivity index (χ3n) is 2.52. The van der Waals surface area contributed by atoms with Crippen LogP contribution in [0.25, 0.3) is 0 Å². The van der Waals surface area contributed by atoms with Crippen molar-refractivity contribution in [2.24, 2.45) is 0 Å². The van der Waals surface area contributed by atoms with Gasteiger partial charge in [0.1, 0.15) is 5.82 Å². The molecule has 0 aliphatic rings. The molecule has 0 aliphatic carbocycles. The Balaban J connectivity index is 2.50. The molecular formula is C13H8BrF2NO3. The second kappa shape index (κ2) is 5.96. The fraction of sp³-hybridized carbons (Fsp3) is 0.0769. The molecule has 0 radical (unpaired) electrons. The van der Waals surface area contributed by atoms with E-state index in [2.05, 4.69) is 15.9 Å². The molecule has 0 atom stereocenters. The molecular weight excluding hydrogens is 336 g/mol. The molecule has 2 aromatic carbocycles. The predicted molar refractivity (Wildman–Crippen MR) is 72.2 cm³/mol. The lowest BCUT2D eigenvalue weighted by molar-refractivity contribution is -0.385. The van der Waals surface area contributed by atoms with Crippen LogP contribution in [0.3, 0.4) is 0 Å². The first kappa shape index (κ1) is 14.4. The van der Waals surface area contributed by atoms with E-state index >= 15 is 0 Å². The van der Waals surface area contributed by atoms with Crippen LogP contribution >= 0.6 is 15.9 Å². The average molecular weight is 344 g/mol. The number of nitrogens with zero attached hydrogens (tertiary/aromatic N) is 1. The minimum Gasteiger partial charge on any atom is -0.447 e. The molecule has 0 aliphatic heterocycles. The summed E-state index contributed by atoms with van der Waals surface area (Å²) in [5, 5.41) is 11.2. The van der Waals surface area contributed by atoms with E-state index in [-0.39, 0.29) is 11.5 Å². The van der Waals surface area contributed by atoms with Crippen LogP contribution in [0.2, 0.25) is 0 Å². The molecule has 0 heterocycles. The van der Waals surface area contributed by atoms with Crippen molar-refractivity contribution in [1.29, 1.82) is 0 Å². The molecule has 0 unspecified atom stereocenters. The van der Waals surface area contributed by atoms with Crippen LogP contribution in [0.4, 0.5) is 14.5 Å². The molecule has 2 aromatic rings. The number of benzene rings is 2. The highest BCUT2D eigenvalue weighted by Crippen LogP contribution is 2.35. The van der Waals surface area contributed by atoms with Crippen LogP contribution in [-0.4, -0.2) is 4.92 Å². The molecule has 0 amide bonds. The Bertz CT molecular complexity index is 664. The number of rotatable bonds is 4. The SMILES string of the molecule is O=[N+]([O-])c1ccc(F)cc1Oc1c(F)cccc1CBr.